The van der Waals surface area contributed by atoms with Crippen molar-refractivity contribution in [2.75, 3.05) is 17.3 Å². The van der Waals surface area contributed by atoms with Gasteiger partial charge in [0.1, 0.15) is 0 Å². The largest absolute Gasteiger partial charge is 0.385 e. The molecule has 1 aromatic rings. The summed E-state index contributed by atoms with van der Waals surface area (Å²) in [5.74, 6) is 6.12. The number of nitrogens with two attached hydrogens (primary N) is 1. The number of benzene rings is 1. The molecule has 18 heavy (non-hydrogen) atoms. The molecule has 0 amide bonds. The zero-order valence-electron chi connectivity index (χ0n) is 10.2. The Morgan fingerprint density at radius 2 is 2.06 bits per heavy atom. The molecule has 1 aliphatic carbocycles. The lowest BCUT2D eigenvalue weighted by molar-refractivity contribution is -0.384. The van der Waals surface area contributed by atoms with Crippen LogP contribution < -0.4 is 16.6 Å². The second kappa shape index (κ2) is 5.68. The van der Waals surface area contributed by atoms with E-state index in [2.05, 4.69) is 10.7 Å². The number of rotatable bonds is 6. The molecule has 4 N–H and O–H groups in total. The van der Waals surface area contributed by atoms with Gasteiger partial charge in [0, 0.05) is 24.4 Å². The van der Waals surface area contributed by atoms with Gasteiger partial charge in [0.25, 0.3) is 5.69 Å². The number of hydrogen-bond acceptors (Lipinski definition) is 5. The summed E-state index contributed by atoms with van der Waals surface area (Å²) in [4.78, 5) is 10.3. The molecule has 0 heterocycles. The molecule has 0 spiro atoms. The highest BCUT2D eigenvalue weighted by atomic mass is 16.6. The lowest BCUT2D eigenvalue weighted by atomic mass is 9.83. The molecule has 98 valence electrons. The zero-order valence-corrected chi connectivity index (χ0v) is 10.2. The van der Waals surface area contributed by atoms with Gasteiger partial charge >= 0.3 is 0 Å². The third kappa shape index (κ3) is 3.10. The van der Waals surface area contributed by atoms with Crippen LogP contribution in [0.1, 0.15) is 25.7 Å². The number of hydrogen-bond donors (Lipinski definition) is 3. The molecule has 1 aromatic carbocycles. The number of hydrazine groups is 1. The molecule has 2 rings (SSSR count). The first kappa shape index (κ1) is 12.6. The van der Waals surface area contributed by atoms with Crippen molar-refractivity contribution in [3.63, 3.8) is 0 Å². The van der Waals surface area contributed by atoms with Crippen LogP contribution in [-0.2, 0) is 0 Å². The Morgan fingerprint density at radius 1 is 1.33 bits per heavy atom. The van der Waals surface area contributed by atoms with Gasteiger partial charge in [-0.2, -0.15) is 0 Å². The predicted octanol–water partition coefficient (Wildman–Crippen LogP) is 2.48. The first-order valence-corrected chi connectivity index (χ1v) is 6.19. The topological polar surface area (TPSA) is 93.2 Å². The van der Waals surface area contributed by atoms with Crippen molar-refractivity contribution in [1.82, 2.24) is 0 Å². The van der Waals surface area contributed by atoms with Crippen LogP contribution in [0.5, 0.6) is 0 Å². The third-order valence-corrected chi connectivity index (χ3v) is 3.40. The van der Waals surface area contributed by atoms with Crippen LogP contribution in [-0.4, -0.2) is 11.5 Å². The first-order valence-electron chi connectivity index (χ1n) is 6.19. The van der Waals surface area contributed by atoms with Crippen LogP contribution in [0.3, 0.4) is 0 Å². The Hall–Kier alpha value is -1.82. The number of nitrogens with zero attached hydrogens (tertiary/aromatic N) is 1. The monoisotopic (exact) mass is 250 g/mol. The number of non-ortho nitro benzene ring substituents is 1. The van der Waals surface area contributed by atoms with Crippen LogP contribution in [0.4, 0.5) is 17.1 Å². The maximum Gasteiger partial charge on any atom is 0.273 e. The van der Waals surface area contributed by atoms with Crippen molar-refractivity contribution in [2.45, 2.75) is 25.7 Å². The van der Waals surface area contributed by atoms with Crippen LogP contribution in [0.25, 0.3) is 0 Å². The highest BCUT2D eigenvalue weighted by Crippen LogP contribution is 2.29. The Balaban J connectivity index is 1.96. The molecule has 0 aromatic heterocycles. The van der Waals surface area contributed by atoms with E-state index in [-0.39, 0.29) is 5.69 Å². The fourth-order valence-electron chi connectivity index (χ4n) is 2.10. The Bertz CT molecular complexity index is 432. The second-order valence-corrected chi connectivity index (χ2v) is 4.68. The van der Waals surface area contributed by atoms with Gasteiger partial charge < -0.3 is 10.7 Å². The van der Waals surface area contributed by atoms with Crippen molar-refractivity contribution in [1.29, 1.82) is 0 Å². The lowest BCUT2D eigenvalue weighted by Crippen LogP contribution is -2.15. The van der Waals surface area contributed by atoms with Gasteiger partial charge in [-0.3, -0.25) is 16.0 Å². The van der Waals surface area contributed by atoms with E-state index >= 15 is 0 Å². The van der Waals surface area contributed by atoms with E-state index in [0.717, 1.165) is 24.6 Å². The Kier molecular flexibility index (Phi) is 3.99. The van der Waals surface area contributed by atoms with Gasteiger partial charge in [-0.25, -0.2) is 0 Å². The fraction of sp³-hybridized carbons (Fsp3) is 0.500. The summed E-state index contributed by atoms with van der Waals surface area (Å²) in [6.07, 6.45) is 5.08. The number of anilines is 2. The minimum Gasteiger partial charge on any atom is -0.385 e. The van der Waals surface area contributed by atoms with E-state index in [4.69, 9.17) is 5.84 Å². The average molecular weight is 250 g/mol. The summed E-state index contributed by atoms with van der Waals surface area (Å²) in [5, 5.41) is 14.0. The zero-order chi connectivity index (χ0) is 13.0. The SMILES string of the molecule is NNc1cc(NCCC2CCC2)cc([N+](=O)[O-])c1. The smallest absolute Gasteiger partial charge is 0.273 e. The summed E-state index contributed by atoms with van der Waals surface area (Å²) in [6, 6.07) is 4.71. The van der Waals surface area contributed by atoms with E-state index in [0.29, 0.717) is 5.69 Å². The molecule has 6 heteroatoms. The summed E-state index contributed by atoms with van der Waals surface area (Å²) in [5.41, 5.74) is 3.75. The van der Waals surface area contributed by atoms with Crippen molar-refractivity contribution in [3.05, 3.63) is 28.3 Å². The van der Waals surface area contributed by atoms with E-state index < -0.39 is 4.92 Å². The molecular formula is C12H18N4O2. The van der Waals surface area contributed by atoms with Gasteiger partial charge in [-0.15, -0.1) is 0 Å². The summed E-state index contributed by atoms with van der Waals surface area (Å²) in [6.45, 7) is 0.843. The molecule has 1 fully saturated rings. The first-order chi connectivity index (χ1) is 8.69. The number of nitrogens with one attached hydrogen (secondary N) is 2. The Labute approximate surface area is 106 Å². The summed E-state index contributed by atoms with van der Waals surface area (Å²) in [7, 11) is 0. The molecule has 0 unspecified atom stereocenters. The maximum absolute atomic E-state index is 10.8. The second-order valence-electron chi connectivity index (χ2n) is 4.68. The molecule has 0 radical (unpaired) electrons. The van der Waals surface area contributed by atoms with Gasteiger partial charge in [0.05, 0.1) is 10.6 Å². The van der Waals surface area contributed by atoms with Crippen molar-refractivity contribution in [3.8, 4) is 0 Å². The van der Waals surface area contributed by atoms with Crippen LogP contribution in [0, 0.1) is 16.0 Å². The predicted molar refractivity (Wildman–Crippen MR) is 71.4 cm³/mol. The van der Waals surface area contributed by atoms with Crippen molar-refractivity contribution < 1.29 is 4.92 Å². The molecule has 1 saturated carbocycles. The molecule has 6 nitrogen and oxygen atoms in total. The van der Waals surface area contributed by atoms with Gasteiger partial charge in [-0.1, -0.05) is 19.3 Å². The van der Waals surface area contributed by atoms with Crippen molar-refractivity contribution >= 4 is 17.1 Å². The van der Waals surface area contributed by atoms with Crippen LogP contribution >= 0.6 is 0 Å². The average Bonchev–Trinajstić information content (AvgIpc) is 2.31. The minimum absolute atomic E-state index is 0.0385. The molecule has 0 atom stereocenters. The third-order valence-electron chi connectivity index (χ3n) is 3.40. The fourth-order valence-corrected chi connectivity index (χ4v) is 2.10. The minimum atomic E-state index is -0.419. The quantitative estimate of drug-likeness (QED) is 0.409. The van der Waals surface area contributed by atoms with Gasteiger partial charge in [-0.05, 0) is 18.4 Å². The van der Waals surface area contributed by atoms with Crippen molar-refractivity contribution in [2.24, 2.45) is 11.8 Å². The number of nitro benzene ring substituents is 1. The molecule has 0 bridgehead atoms. The normalized spacial score (nSPS) is 14.9. The van der Waals surface area contributed by atoms with Crippen LogP contribution in [0.2, 0.25) is 0 Å². The van der Waals surface area contributed by atoms with E-state index in [1.54, 1.807) is 6.07 Å². The highest BCUT2D eigenvalue weighted by Gasteiger charge is 2.16. The standard InChI is InChI=1S/C12H18N4O2/c13-15-11-6-10(7-12(8-11)16(17)18)14-5-4-9-2-1-3-9/h6-9,14-15H,1-5,13H2. The number of nitrogen functional groups attached to an aromatic ring is 1. The van der Waals surface area contributed by atoms with E-state index in [1.165, 1.54) is 31.4 Å². The summed E-state index contributed by atoms with van der Waals surface area (Å²) >= 11 is 0. The molecular weight excluding hydrogens is 232 g/mol. The van der Waals surface area contributed by atoms with Gasteiger partial charge in [0.2, 0.25) is 0 Å². The lowest BCUT2D eigenvalue weighted by Gasteiger charge is -2.25. The molecule has 1 aliphatic rings. The number of nitro groups is 1. The molecule has 0 aliphatic heterocycles. The Morgan fingerprint density at radius 3 is 2.61 bits per heavy atom. The summed E-state index contributed by atoms with van der Waals surface area (Å²) < 4.78 is 0. The van der Waals surface area contributed by atoms with E-state index in [1.807, 2.05) is 0 Å². The highest BCUT2D eigenvalue weighted by molar-refractivity contribution is 5.63. The molecule has 0 saturated heterocycles. The van der Waals surface area contributed by atoms with E-state index in [9.17, 15) is 10.1 Å². The van der Waals surface area contributed by atoms with Crippen LogP contribution in [0.15, 0.2) is 18.2 Å². The van der Waals surface area contributed by atoms with Gasteiger partial charge in [0.15, 0.2) is 0 Å². The maximum atomic E-state index is 10.8.